The number of hydrogen-bond donors (Lipinski definition) is 0. The van der Waals surface area contributed by atoms with Crippen molar-refractivity contribution in [1.82, 2.24) is 9.78 Å². The van der Waals surface area contributed by atoms with Crippen LogP contribution in [0, 0.1) is 0 Å². The van der Waals surface area contributed by atoms with Crippen LogP contribution < -0.4 is 0 Å². The van der Waals surface area contributed by atoms with Crippen LogP contribution in [0.4, 0.5) is 0 Å². The molecule has 0 saturated carbocycles. The van der Waals surface area contributed by atoms with Crippen molar-refractivity contribution in [2.45, 2.75) is 38.6 Å². The molecule has 1 aromatic heterocycles. The SMILES string of the molecule is CCn1cc(C(=O)C2CCCc3ccccc32)cn1. The van der Waals surface area contributed by atoms with Gasteiger partial charge < -0.3 is 0 Å². The monoisotopic (exact) mass is 254 g/mol. The van der Waals surface area contributed by atoms with Gasteiger partial charge in [-0.1, -0.05) is 24.3 Å². The summed E-state index contributed by atoms with van der Waals surface area (Å²) in [7, 11) is 0. The Balaban J connectivity index is 1.93. The number of Topliss-reactive ketones (excluding diaryl/α,β-unsaturated/α-hetero) is 1. The van der Waals surface area contributed by atoms with Crippen molar-refractivity contribution >= 4 is 5.78 Å². The molecule has 1 heterocycles. The van der Waals surface area contributed by atoms with Gasteiger partial charge in [-0.15, -0.1) is 0 Å². The van der Waals surface area contributed by atoms with Crippen molar-refractivity contribution in [3.8, 4) is 0 Å². The molecule has 1 atom stereocenters. The number of aryl methyl sites for hydroxylation is 2. The highest BCUT2D eigenvalue weighted by Gasteiger charge is 2.27. The fourth-order valence-corrected chi connectivity index (χ4v) is 2.89. The number of rotatable bonds is 3. The van der Waals surface area contributed by atoms with Gasteiger partial charge in [0.15, 0.2) is 5.78 Å². The highest BCUT2D eigenvalue weighted by molar-refractivity contribution is 6.00. The van der Waals surface area contributed by atoms with E-state index in [1.807, 2.05) is 23.9 Å². The van der Waals surface area contributed by atoms with Crippen LogP contribution in [0.25, 0.3) is 0 Å². The molecule has 1 aliphatic rings. The summed E-state index contributed by atoms with van der Waals surface area (Å²) in [6.07, 6.45) is 6.69. The summed E-state index contributed by atoms with van der Waals surface area (Å²) in [6.45, 7) is 2.83. The number of carbonyl (C=O) groups excluding carboxylic acids is 1. The summed E-state index contributed by atoms with van der Waals surface area (Å²) in [5.41, 5.74) is 3.28. The Morgan fingerprint density at radius 2 is 2.26 bits per heavy atom. The topological polar surface area (TPSA) is 34.9 Å². The molecule has 0 aliphatic heterocycles. The van der Waals surface area contributed by atoms with E-state index < -0.39 is 0 Å². The number of fused-ring (bicyclic) bond motifs is 1. The van der Waals surface area contributed by atoms with Gasteiger partial charge in [-0.2, -0.15) is 5.10 Å². The molecule has 1 aliphatic carbocycles. The van der Waals surface area contributed by atoms with Gasteiger partial charge in [0.2, 0.25) is 0 Å². The van der Waals surface area contributed by atoms with Crippen molar-refractivity contribution in [2.24, 2.45) is 0 Å². The van der Waals surface area contributed by atoms with Crippen molar-refractivity contribution in [3.63, 3.8) is 0 Å². The number of nitrogens with zero attached hydrogens (tertiary/aromatic N) is 2. The third-order valence-electron chi connectivity index (χ3n) is 3.93. The van der Waals surface area contributed by atoms with Crippen LogP contribution in [0.5, 0.6) is 0 Å². The van der Waals surface area contributed by atoms with Crippen molar-refractivity contribution in [1.29, 1.82) is 0 Å². The Morgan fingerprint density at radius 3 is 3.05 bits per heavy atom. The second kappa shape index (κ2) is 5.00. The molecular formula is C16H18N2O. The first-order chi connectivity index (χ1) is 9.29. The summed E-state index contributed by atoms with van der Waals surface area (Å²) in [5, 5.41) is 4.20. The third kappa shape index (κ3) is 2.21. The maximum absolute atomic E-state index is 12.6. The van der Waals surface area contributed by atoms with Crippen LogP contribution in [0.1, 0.15) is 47.2 Å². The quantitative estimate of drug-likeness (QED) is 0.788. The van der Waals surface area contributed by atoms with E-state index in [-0.39, 0.29) is 11.7 Å². The lowest BCUT2D eigenvalue weighted by molar-refractivity contribution is 0.0951. The van der Waals surface area contributed by atoms with Crippen LogP contribution >= 0.6 is 0 Å². The summed E-state index contributed by atoms with van der Waals surface area (Å²) in [4.78, 5) is 12.6. The zero-order valence-corrected chi connectivity index (χ0v) is 11.2. The molecule has 3 nitrogen and oxygen atoms in total. The van der Waals surface area contributed by atoms with Crippen molar-refractivity contribution in [2.75, 3.05) is 0 Å². The van der Waals surface area contributed by atoms with E-state index in [9.17, 15) is 4.79 Å². The first-order valence-corrected chi connectivity index (χ1v) is 6.94. The van der Waals surface area contributed by atoms with Crippen LogP contribution in [0.3, 0.4) is 0 Å². The molecule has 0 spiro atoms. The molecule has 3 heteroatoms. The number of carbonyl (C=O) groups is 1. The van der Waals surface area contributed by atoms with Crippen molar-refractivity contribution in [3.05, 3.63) is 53.3 Å². The molecule has 0 bridgehead atoms. The van der Waals surface area contributed by atoms with E-state index in [1.165, 1.54) is 11.1 Å². The summed E-state index contributed by atoms with van der Waals surface area (Å²) in [6, 6.07) is 8.33. The maximum atomic E-state index is 12.6. The van der Waals surface area contributed by atoms with E-state index in [4.69, 9.17) is 0 Å². The molecule has 0 N–H and O–H groups in total. The average molecular weight is 254 g/mol. The van der Waals surface area contributed by atoms with E-state index in [1.54, 1.807) is 6.20 Å². The van der Waals surface area contributed by atoms with Gasteiger partial charge in [-0.05, 0) is 37.3 Å². The van der Waals surface area contributed by atoms with E-state index in [2.05, 4.69) is 23.3 Å². The molecule has 0 saturated heterocycles. The molecule has 0 amide bonds. The first kappa shape index (κ1) is 12.2. The zero-order chi connectivity index (χ0) is 13.2. The lowest BCUT2D eigenvalue weighted by Crippen LogP contribution is -2.18. The Morgan fingerprint density at radius 1 is 1.42 bits per heavy atom. The molecule has 98 valence electrons. The molecule has 3 rings (SSSR count). The Labute approximate surface area is 113 Å². The van der Waals surface area contributed by atoms with Crippen LogP contribution in [-0.4, -0.2) is 15.6 Å². The van der Waals surface area contributed by atoms with Crippen LogP contribution in [-0.2, 0) is 13.0 Å². The van der Waals surface area contributed by atoms with Gasteiger partial charge in [0, 0.05) is 18.7 Å². The average Bonchev–Trinajstić information content (AvgIpc) is 2.95. The number of benzene rings is 1. The minimum atomic E-state index is 0.0134. The molecule has 2 aromatic rings. The highest BCUT2D eigenvalue weighted by Crippen LogP contribution is 2.33. The molecule has 1 unspecified atom stereocenters. The largest absolute Gasteiger partial charge is 0.293 e. The predicted octanol–water partition coefficient (Wildman–Crippen LogP) is 3.21. The van der Waals surface area contributed by atoms with Gasteiger partial charge in [0.25, 0.3) is 0 Å². The minimum absolute atomic E-state index is 0.0134. The zero-order valence-electron chi connectivity index (χ0n) is 11.2. The highest BCUT2D eigenvalue weighted by atomic mass is 16.1. The van der Waals surface area contributed by atoms with Gasteiger partial charge in [-0.25, -0.2) is 0 Å². The van der Waals surface area contributed by atoms with Gasteiger partial charge >= 0.3 is 0 Å². The molecule has 0 fully saturated rings. The molecule has 0 radical (unpaired) electrons. The number of aromatic nitrogens is 2. The normalized spacial score (nSPS) is 18.1. The Bertz CT molecular complexity index is 600. The van der Waals surface area contributed by atoms with Crippen molar-refractivity contribution < 1.29 is 4.79 Å². The molecule has 19 heavy (non-hydrogen) atoms. The van der Waals surface area contributed by atoms with E-state index in [0.29, 0.717) is 0 Å². The summed E-state index contributed by atoms with van der Waals surface area (Å²) < 4.78 is 1.81. The van der Waals surface area contributed by atoms with Gasteiger partial charge in [0.05, 0.1) is 11.8 Å². The third-order valence-corrected chi connectivity index (χ3v) is 3.93. The second-order valence-corrected chi connectivity index (χ2v) is 5.09. The second-order valence-electron chi connectivity index (χ2n) is 5.09. The predicted molar refractivity (Wildman–Crippen MR) is 74.4 cm³/mol. The standard InChI is InChI=1S/C16H18N2O/c1-2-18-11-13(10-17-18)16(19)15-9-5-7-12-6-3-4-8-14(12)15/h3-4,6,8,10-11,15H,2,5,7,9H2,1H3. The minimum Gasteiger partial charge on any atom is -0.293 e. The smallest absolute Gasteiger partial charge is 0.173 e. The summed E-state index contributed by atoms with van der Waals surface area (Å²) in [5.74, 6) is 0.228. The fourth-order valence-electron chi connectivity index (χ4n) is 2.89. The van der Waals surface area contributed by atoms with E-state index in [0.717, 1.165) is 31.4 Å². The van der Waals surface area contributed by atoms with E-state index >= 15 is 0 Å². The summed E-state index contributed by atoms with van der Waals surface area (Å²) >= 11 is 0. The van der Waals surface area contributed by atoms with Crippen LogP contribution in [0.15, 0.2) is 36.7 Å². The molecule has 1 aromatic carbocycles. The van der Waals surface area contributed by atoms with Crippen LogP contribution in [0.2, 0.25) is 0 Å². The Kier molecular flexibility index (Phi) is 3.20. The van der Waals surface area contributed by atoms with Gasteiger partial charge in [-0.3, -0.25) is 9.48 Å². The van der Waals surface area contributed by atoms with Gasteiger partial charge in [0.1, 0.15) is 0 Å². The lowest BCUT2D eigenvalue weighted by Gasteiger charge is -2.23. The lowest BCUT2D eigenvalue weighted by atomic mass is 9.79. The molecular weight excluding hydrogens is 236 g/mol. The Hall–Kier alpha value is -1.90. The number of ketones is 1. The first-order valence-electron chi connectivity index (χ1n) is 6.94. The number of hydrogen-bond acceptors (Lipinski definition) is 2. The fraction of sp³-hybridized carbons (Fsp3) is 0.375. The maximum Gasteiger partial charge on any atom is 0.173 e.